The van der Waals surface area contributed by atoms with Crippen molar-refractivity contribution in [2.45, 2.75) is 26.8 Å². The summed E-state index contributed by atoms with van der Waals surface area (Å²) in [6.07, 6.45) is 1.17. The normalized spacial score (nSPS) is 11.1. The average molecular weight is 271 g/mol. The van der Waals surface area contributed by atoms with Crippen LogP contribution in [-0.4, -0.2) is 36.0 Å². The number of thiophene rings is 1. The van der Waals surface area contributed by atoms with E-state index in [0.717, 1.165) is 31.7 Å². The molecule has 0 aliphatic heterocycles. The molecule has 0 aliphatic rings. The molecule has 0 bridgehead atoms. The highest BCUT2D eigenvalue weighted by Gasteiger charge is 2.09. The van der Waals surface area contributed by atoms with E-state index in [-0.39, 0.29) is 9.92 Å². The van der Waals surface area contributed by atoms with Crippen LogP contribution in [-0.2, 0) is 6.54 Å². The Morgan fingerprint density at radius 3 is 2.78 bits per heavy atom. The number of hydrogen-bond acceptors (Lipinski definition) is 5. The first kappa shape index (κ1) is 15.1. The largest absolute Gasteiger partial charge is 0.324 e. The highest BCUT2D eigenvalue weighted by Crippen LogP contribution is 2.22. The monoisotopic (exact) mass is 271 g/mol. The van der Waals surface area contributed by atoms with Gasteiger partial charge in [0, 0.05) is 31.1 Å². The standard InChI is InChI=1S/C12H21N3O2S/c1-3-6-14(4-2)7-5-13-9-11-8-12(15(16)17)18-10-11/h8,10,13H,3-7,9H2,1-2H3. The second-order valence-electron chi connectivity index (χ2n) is 4.16. The van der Waals surface area contributed by atoms with E-state index in [0.29, 0.717) is 6.54 Å². The zero-order valence-electron chi connectivity index (χ0n) is 11.0. The Labute approximate surface area is 112 Å². The zero-order chi connectivity index (χ0) is 13.4. The lowest BCUT2D eigenvalue weighted by Gasteiger charge is -2.19. The minimum absolute atomic E-state index is 0.216. The van der Waals surface area contributed by atoms with E-state index in [4.69, 9.17) is 0 Å². The van der Waals surface area contributed by atoms with E-state index in [1.165, 1.54) is 17.8 Å². The van der Waals surface area contributed by atoms with Gasteiger partial charge in [-0.1, -0.05) is 25.2 Å². The summed E-state index contributed by atoms with van der Waals surface area (Å²) >= 11 is 1.19. The minimum Gasteiger partial charge on any atom is -0.311 e. The third-order valence-electron chi connectivity index (χ3n) is 2.74. The second-order valence-corrected chi connectivity index (χ2v) is 5.05. The lowest BCUT2D eigenvalue weighted by atomic mass is 10.3. The molecule has 1 rings (SSSR count). The number of nitrogens with one attached hydrogen (secondary N) is 1. The van der Waals surface area contributed by atoms with Crippen LogP contribution >= 0.6 is 11.3 Å². The molecule has 0 spiro atoms. The molecule has 0 saturated carbocycles. The van der Waals surface area contributed by atoms with Crippen molar-refractivity contribution in [3.8, 4) is 0 Å². The van der Waals surface area contributed by atoms with Crippen molar-refractivity contribution in [2.24, 2.45) is 0 Å². The van der Waals surface area contributed by atoms with E-state index in [2.05, 4.69) is 24.1 Å². The summed E-state index contributed by atoms with van der Waals surface area (Å²) in [7, 11) is 0. The number of rotatable bonds is 9. The molecule has 0 fully saturated rings. The highest BCUT2D eigenvalue weighted by molar-refractivity contribution is 7.13. The van der Waals surface area contributed by atoms with E-state index in [1.807, 2.05) is 5.38 Å². The first-order valence-electron chi connectivity index (χ1n) is 6.32. The van der Waals surface area contributed by atoms with Crippen molar-refractivity contribution in [1.82, 2.24) is 10.2 Å². The molecule has 102 valence electrons. The van der Waals surface area contributed by atoms with Crippen LogP contribution in [0, 0.1) is 10.1 Å². The van der Waals surface area contributed by atoms with Gasteiger partial charge in [-0.15, -0.1) is 0 Å². The van der Waals surface area contributed by atoms with Crippen LogP contribution in [0.5, 0.6) is 0 Å². The van der Waals surface area contributed by atoms with Gasteiger partial charge in [-0.05, 0) is 25.1 Å². The lowest BCUT2D eigenvalue weighted by molar-refractivity contribution is -0.380. The fraction of sp³-hybridized carbons (Fsp3) is 0.667. The molecule has 0 aromatic carbocycles. The summed E-state index contributed by atoms with van der Waals surface area (Å²) in [4.78, 5) is 12.6. The van der Waals surface area contributed by atoms with E-state index < -0.39 is 0 Å². The van der Waals surface area contributed by atoms with Gasteiger partial charge in [0.2, 0.25) is 0 Å². The van der Waals surface area contributed by atoms with Crippen LogP contribution in [0.4, 0.5) is 5.00 Å². The van der Waals surface area contributed by atoms with Crippen LogP contribution < -0.4 is 5.32 Å². The van der Waals surface area contributed by atoms with Gasteiger partial charge in [-0.25, -0.2) is 0 Å². The predicted octanol–water partition coefficient (Wildman–Crippen LogP) is 2.48. The van der Waals surface area contributed by atoms with Crippen LogP contribution in [0.25, 0.3) is 0 Å². The van der Waals surface area contributed by atoms with Gasteiger partial charge in [-0.2, -0.15) is 0 Å². The Balaban J connectivity index is 2.22. The molecule has 0 atom stereocenters. The number of nitro groups is 1. The van der Waals surface area contributed by atoms with Crippen molar-refractivity contribution in [3.05, 3.63) is 27.1 Å². The molecule has 1 heterocycles. The Bertz CT molecular complexity index is 368. The number of hydrogen-bond donors (Lipinski definition) is 1. The summed E-state index contributed by atoms with van der Waals surface area (Å²) in [6, 6.07) is 1.64. The molecule has 0 amide bonds. The molecule has 1 aromatic heterocycles. The SMILES string of the molecule is CCCN(CC)CCNCc1csc([N+](=O)[O-])c1. The Kier molecular flexibility index (Phi) is 6.85. The first-order chi connectivity index (χ1) is 8.67. The lowest BCUT2D eigenvalue weighted by Crippen LogP contribution is -2.32. The average Bonchev–Trinajstić information content (AvgIpc) is 2.82. The first-order valence-corrected chi connectivity index (χ1v) is 7.20. The summed E-state index contributed by atoms with van der Waals surface area (Å²) in [6.45, 7) is 9.18. The molecular weight excluding hydrogens is 250 g/mol. The Morgan fingerprint density at radius 1 is 1.44 bits per heavy atom. The van der Waals surface area contributed by atoms with Gasteiger partial charge in [0.15, 0.2) is 0 Å². The quantitative estimate of drug-likeness (QED) is 0.426. The minimum atomic E-state index is -0.339. The zero-order valence-corrected chi connectivity index (χ0v) is 11.8. The number of likely N-dealkylation sites (N-methyl/N-ethyl adjacent to an activating group) is 1. The third kappa shape index (κ3) is 5.12. The molecule has 6 heteroatoms. The van der Waals surface area contributed by atoms with Crippen LogP contribution in [0.2, 0.25) is 0 Å². The van der Waals surface area contributed by atoms with Gasteiger partial charge >= 0.3 is 5.00 Å². The Morgan fingerprint density at radius 2 is 2.22 bits per heavy atom. The van der Waals surface area contributed by atoms with Gasteiger partial charge in [0.1, 0.15) is 0 Å². The fourth-order valence-corrected chi connectivity index (χ4v) is 2.49. The fourth-order valence-electron chi connectivity index (χ4n) is 1.77. The van der Waals surface area contributed by atoms with Crippen molar-refractivity contribution in [1.29, 1.82) is 0 Å². The smallest absolute Gasteiger partial charge is 0.311 e. The van der Waals surface area contributed by atoms with Gasteiger partial charge in [0.25, 0.3) is 0 Å². The van der Waals surface area contributed by atoms with Crippen LogP contribution in [0.3, 0.4) is 0 Å². The van der Waals surface area contributed by atoms with Crippen molar-refractivity contribution in [2.75, 3.05) is 26.2 Å². The molecule has 18 heavy (non-hydrogen) atoms. The summed E-state index contributed by atoms with van der Waals surface area (Å²) < 4.78 is 0. The number of nitrogens with zero attached hydrogens (tertiary/aromatic N) is 2. The molecule has 0 aliphatic carbocycles. The van der Waals surface area contributed by atoms with Crippen molar-refractivity contribution in [3.63, 3.8) is 0 Å². The molecule has 0 radical (unpaired) electrons. The maximum absolute atomic E-state index is 10.5. The van der Waals surface area contributed by atoms with Gasteiger partial charge in [0.05, 0.1) is 4.92 Å². The highest BCUT2D eigenvalue weighted by atomic mass is 32.1. The van der Waals surface area contributed by atoms with Crippen molar-refractivity contribution < 1.29 is 4.92 Å². The Hall–Kier alpha value is -0.980. The van der Waals surface area contributed by atoms with Crippen LogP contribution in [0.1, 0.15) is 25.8 Å². The maximum Gasteiger partial charge on any atom is 0.324 e. The summed E-state index contributed by atoms with van der Waals surface area (Å²) in [5, 5.41) is 15.9. The van der Waals surface area contributed by atoms with E-state index in [1.54, 1.807) is 6.07 Å². The van der Waals surface area contributed by atoms with Crippen LogP contribution in [0.15, 0.2) is 11.4 Å². The molecule has 0 saturated heterocycles. The molecule has 5 nitrogen and oxygen atoms in total. The van der Waals surface area contributed by atoms with E-state index >= 15 is 0 Å². The maximum atomic E-state index is 10.5. The summed E-state index contributed by atoms with van der Waals surface area (Å²) in [5.41, 5.74) is 0.991. The topological polar surface area (TPSA) is 58.4 Å². The molecule has 1 aromatic rings. The molecular formula is C12H21N3O2S. The summed E-state index contributed by atoms with van der Waals surface area (Å²) in [5.74, 6) is 0. The molecule has 0 unspecified atom stereocenters. The third-order valence-corrected chi connectivity index (χ3v) is 3.67. The van der Waals surface area contributed by atoms with Crippen molar-refractivity contribution >= 4 is 16.3 Å². The predicted molar refractivity (Wildman–Crippen MR) is 75.1 cm³/mol. The van der Waals surface area contributed by atoms with Gasteiger partial charge in [-0.3, -0.25) is 10.1 Å². The van der Waals surface area contributed by atoms with E-state index in [9.17, 15) is 10.1 Å². The second kappa shape index (κ2) is 8.18. The van der Waals surface area contributed by atoms with Gasteiger partial charge < -0.3 is 10.2 Å². The molecule has 1 N–H and O–H groups in total.